The fourth-order valence-corrected chi connectivity index (χ4v) is 2.96. The molecule has 90 valence electrons. The Balaban J connectivity index is 2.14. The Morgan fingerprint density at radius 1 is 1.24 bits per heavy atom. The molecule has 0 aliphatic carbocycles. The molecule has 2 N–H and O–H groups in total. The number of hydrogen-bond donors (Lipinski definition) is 1. The van der Waals surface area contributed by atoms with E-state index in [9.17, 15) is 0 Å². The van der Waals surface area contributed by atoms with Crippen molar-refractivity contribution in [2.24, 2.45) is 5.73 Å². The summed E-state index contributed by atoms with van der Waals surface area (Å²) in [5, 5.41) is 0.778. The highest BCUT2D eigenvalue weighted by Gasteiger charge is 2.09. The minimum Gasteiger partial charge on any atom is -0.324 e. The summed E-state index contributed by atoms with van der Waals surface area (Å²) >= 11 is 13.5. The van der Waals surface area contributed by atoms with Gasteiger partial charge in [-0.1, -0.05) is 35.3 Å². The molecule has 0 fully saturated rings. The van der Waals surface area contributed by atoms with Crippen molar-refractivity contribution in [3.05, 3.63) is 55.7 Å². The highest BCUT2D eigenvalue weighted by Crippen LogP contribution is 2.27. The van der Waals surface area contributed by atoms with Crippen LogP contribution in [0.4, 0.5) is 0 Å². The molecular formula is C13H13Cl2NS. The van der Waals surface area contributed by atoms with Crippen LogP contribution in [0.25, 0.3) is 0 Å². The molecule has 0 saturated carbocycles. The molecular weight excluding hydrogens is 273 g/mol. The smallest absolute Gasteiger partial charge is 0.0931 e. The van der Waals surface area contributed by atoms with Gasteiger partial charge in [0.15, 0.2) is 0 Å². The Kier molecular flexibility index (Phi) is 4.10. The van der Waals surface area contributed by atoms with Gasteiger partial charge in [-0.3, -0.25) is 0 Å². The molecule has 0 amide bonds. The third-order valence-electron chi connectivity index (χ3n) is 2.66. The third kappa shape index (κ3) is 3.23. The van der Waals surface area contributed by atoms with E-state index in [1.165, 1.54) is 4.88 Å². The Morgan fingerprint density at radius 2 is 2.00 bits per heavy atom. The second-order valence-corrected chi connectivity index (χ2v) is 6.23. The number of nitrogens with two attached hydrogens (primary N) is 1. The van der Waals surface area contributed by atoms with Crippen molar-refractivity contribution in [2.75, 3.05) is 0 Å². The lowest BCUT2D eigenvalue weighted by molar-refractivity contribution is 0.729. The second-order valence-electron chi connectivity index (χ2n) is 4.03. The van der Waals surface area contributed by atoms with Crippen molar-refractivity contribution < 1.29 is 0 Å². The van der Waals surface area contributed by atoms with Crippen molar-refractivity contribution in [2.45, 2.75) is 19.4 Å². The number of rotatable bonds is 3. The molecule has 1 nitrogen and oxygen atoms in total. The van der Waals surface area contributed by atoms with E-state index in [0.717, 1.165) is 26.9 Å². The van der Waals surface area contributed by atoms with Crippen molar-refractivity contribution >= 4 is 34.5 Å². The van der Waals surface area contributed by atoms with Gasteiger partial charge in [-0.05, 0) is 36.2 Å². The topological polar surface area (TPSA) is 26.0 Å². The third-order valence-corrected chi connectivity index (χ3v) is 4.34. The Hall–Kier alpha value is -0.540. The van der Waals surface area contributed by atoms with Crippen LogP contribution in [0.3, 0.4) is 0 Å². The highest BCUT2D eigenvalue weighted by molar-refractivity contribution is 7.16. The van der Waals surface area contributed by atoms with Crippen molar-refractivity contribution in [3.8, 4) is 0 Å². The fourth-order valence-electron chi connectivity index (χ4n) is 1.69. The van der Waals surface area contributed by atoms with Crippen molar-refractivity contribution in [1.82, 2.24) is 0 Å². The molecule has 1 heterocycles. The van der Waals surface area contributed by atoms with Crippen LogP contribution >= 0.6 is 34.5 Å². The molecule has 17 heavy (non-hydrogen) atoms. The zero-order valence-corrected chi connectivity index (χ0v) is 11.7. The molecule has 2 aromatic rings. The van der Waals surface area contributed by atoms with Crippen LogP contribution in [0, 0.1) is 6.92 Å². The summed E-state index contributed by atoms with van der Waals surface area (Å²) in [5.74, 6) is 0. The molecule has 2 rings (SSSR count). The molecule has 1 aromatic heterocycles. The van der Waals surface area contributed by atoms with Gasteiger partial charge in [-0.15, -0.1) is 11.3 Å². The average molecular weight is 286 g/mol. The lowest BCUT2D eigenvalue weighted by atomic mass is 10.0. The van der Waals surface area contributed by atoms with E-state index in [1.54, 1.807) is 11.3 Å². The molecule has 0 spiro atoms. The summed E-state index contributed by atoms with van der Waals surface area (Å²) in [6.07, 6.45) is 0.804. The predicted octanol–water partition coefficient (Wildman–Crippen LogP) is 4.61. The lowest BCUT2D eigenvalue weighted by Gasteiger charge is -2.12. The number of benzene rings is 1. The number of thiophene rings is 1. The Bertz CT molecular complexity index is 522. The van der Waals surface area contributed by atoms with E-state index in [2.05, 4.69) is 0 Å². The molecule has 0 bridgehead atoms. The number of halogens is 2. The van der Waals surface area contributed by atoms with Crippen LogP contribution in [0.1, 0.15) is 22.0 Å². The SMILES string of the molecule is Cc1cc(C(N)Cc2ccc(Cl)s2)ccc1Cl. The normalized spacial score (nSPS) is 12.7. The maximum atomic E-state index is 6.18. The van der Waals surface area contributed by atoms with E-state index in [4.69, 9.17) is 28.9 Å². The Labute approximate surface area is 115 Å². The summed E-state index contributed by atoms with van der Waals surface area (Å²) in [6, 6.07) is 9.84. The average Bonchev–Trinajstić information content (AvgIpc) is 2.68. The standard InChI is InChI=1S/C13H13Cl2NS/c1-8-6-9(2-4-11(8)14)12(16)7-10-3-5-13(15)17-10/h2-6,12H,7,16H2,1H3. The minimum absolute atomic E-state index is 0.0133. The van der Waals surface area contributed by atoms with Crippen LogP contribution in [0.15, 0.2) is 30.3 Å². The van der Waals surface area contributed by atoms with Crippen LogP contribution in [-0.4, -0.2) is 0 Å². The molecule has 0 saturated heterocycles. The van der Waals surface area contributed by atoms with E-state index < -0.39 is 0 Å². The monoisotopic (exact) mass is 285 g/mol. The fraction of sp³-hybridized carbons (Fsp3) is 0.231. The van der Waals surface area contributed by atoms with Gasteiger partial charge in [0.1, 0.15) is 0 Å². The number of hydrogen-bond acceptors (Lipinski definition) is 2. The van der Waals surface area contributed by atoms with Crippen LogP contribution in [0.5, 0.6) is 0 Å². The van der Waals surface area contributed by atoms with Crippen molar-refractivity contribution in [3.63, 3.8) is 0 Å². The van der Waals surface area contributed by atoms with E-state index in [0.29, 0.717) is 0 Å². The lowest BCUT2D eigenvalue weighted by Crippen LogP contribution is -2.12. The zero-order valence-electron chi connectivity index (χ0n) is 9.41. The summed E-state index contributed by atoms with van der Waals surface area (Å²) in [5.41, 5.74) is 8.34. The van der Waals surface area contributed by atoms with E-state index >= 15 is 0 Å². The summed E-state index contributed by atoms with van der Waals surface area (Å²) in [4.78, 5) is 1.20. The van der Waals surface area contributed by atoms with E-state index in [-0.39, 0.29) is 6.04 Å². The molecule has 1 aromatic carbocycles. The first-order valence-corrected chi connectivity index (χ1v) is 6.89. The maximum Gasteiger partial charge on any atom is 0.0931 e. The minimum atomic E-state index is -0.0133. The summed E-state index contributed by atoms with van der Waals surface area (Å²) in [6.45, 7) is 1.99. The summed E-state index contributed by atoms with van der Waals surface area (Å²) in [7, 11) is 0. The molecule has 4 heteroatoms. The second kappa shape index (κ2) is 5.40. The van der Waals surface area contributed by atoms with Gasteiger partial charge in [0.05, 0.1) is 4.34 Å². The molecule has 1 unspecified atom stereocenters. The van der Waals surface area contributed by atoms with E-state index in [1.807, 2.05) is 37.3 Å². The molecule has 0 aliphatic rings. The largest absolute Gasteiger partial charge is 0.324 e. The van der Waals surface area contributed by atoms with Gasteiger partial charge < -0.3 is 5.73 Å². The zero-order chi connectivity index (χ0) is 12.4. The first-order chi connectivity index (χ1) is 8.06. The van der Waals surface area contributed by atoms with Crippen LogP contribution in [0.2, 0.25) is 9.36 Å². The predicted molar refractivity (Wildman–Crippen MR) is 76.2 cm³/mol. The van der Waals surface area contributed by atoms with Gasteiger partial charge in [0, 0.05) is 22.4 Å². The van der Waals surface area contributed by atoms with Gasteiger partial charge in [0.2, 0.25) is 0 Å². The number of aryl methyl sites for hydroxylation is 1. The van der Waals surface area contributed by atoms with Crippen LogP contribution < -0.4 is 5.73 Å². The maximum absolute atomic E-state index is 6.18. The molecule has 1 atom stereocenters. The summed E-state index contributed by atoms with van der Waals surface area (Å²) < 4.78 is 0.805. The highest BCUT2D eigenvalue weighted by atomic mass is 35.5. The first-order valence-electron chi connectivity index (χ1n) is 5.32. The van der Waals surface area contributed by atoms with Gasteiger partial charge in [-0.2, -0.15) is 0 Å². The first kappa shape index (κ1) is 12.9. The molecule has 0 aliphatic heterocycles. The van der Waals surface area contributed by atoms with Crippen LogP contribution in [-0.2, 0) is 6.42 Å². The Morgan fingerprint density at radius 3 is 2.59 bits per heavy atom. The van der Waals surface area contributed by atoms with Gasteiger partial charge >= 0.3 is 0 Å². The van der Waals surface area contributed by atoms with Gasteiger partial charge in [0.25, 0.3) is 0 Å². The van der Waals surface area contributed by atoms with Crippen molar-refractivity contribution in [1.29, 1.82) is 0 Å². The molecule has 0 radical (unpaired) electrons. The quantitative estimate of drug-likeness (QED) is 0.876. The van der Waals surface area contributed by atoms with Gasteiger partial charge in [-0.25, -0.2) is 0 Å².